The lowest BCUT2D eigenvalue weighted by molar-refractivity contribution is -0.384. The number of carbonyl (C=O) groups is 3. The van der Waals surface area contributed by atoms with Gasteiger partial charge >= 0.3 is 12.1 Å². The molecule has 0 aromatic heterocycles. The number of carbonyl (C=O) groups excluding carboxylic acids is 3. The largest absolute Gasteiger partial charge is 0.324 e. The van der Waals surface area contributed by atoms with E-state index in [1.54, 1.807) is 0 Å². The van der Waals surface area contributed by atoms with E-state index in [0.29, 0.717) is 0 Å². The molecule has 1 spiro atoms. The van der Waals surface area contributed by atoms with Gasteiger partial charge in [0.15, 0.2) is 0 Å². The number of urea groups is 2. The van der Waals surface area contributed by atoms with Crippen LogP contribution in [0.3, 0.4) is 0 Å². The fraction of sp³-hybridized carbons (Fsp3) is 0.182. The van der Waals surface area contributed by atoms with Gasteiger partial charge in [0.25, 0.3) is 11.6 Å². The Morgan fingerprint density at radius 1 is 1.27 bits per heavy atom. The number of amides is 5. The summed E-state index contributed by atoms with van der Waals surface area (Å²) in [6, 6.07) is 0.731. The molecule has 22 heavy (non-hydrogen) atoms. The third-order valence-corrected chi connectivity index (χ3v) is 3.78. The van der Waals surface area contributed by atoms with Crippen LogP contribution in [0.2, 0.25) is 5.02 Å². The average Bonchev–Trinajstić information content (AvgIpc) is 2.73. The van der Waals surface area contributed by atoms with E-state index in [1.165, 1.54) is 13.1 Å². The Labute approximate surface area is 127 Å². The molecule has 1 aromatic carbocycles. The quantitative estimate of drug-likeness (QED) is 0.397. The van der Waals surface area contributed by atoms with Crippen LogP contribution in [0, 0.1) is 10.1 Å². The summed E-state index contributed by atoms with van der Waals surface area (Å²) in [7, 11) is 1.27. The summed E-state index contributed by atoms with van der Waals surface area (Å²) < 4.78 is 0. The first-order valence-corrected chi connectivity index (χ1v) is 6.32. The van der Waals surface area contributed by atoms with Crippen molar-refractivity contribution in [1.82, 2.24) is 15.5 Å². The molecule has 0 radical (unpaired) electrons. The Bertz CT molecular complexity index is 765. The van der Waals surface area contributed by atoms with E-state index in [0.717, 1.165) is 11.0 Å². The van der Waals surface area contributed by atoms with Gasteiger partial charge < -0.3 is 10.6 Å². The van der Waals surface area contributed by atoms with Crippen LogP contribution in [0.25, 0.3) is 0 Å². The van der Waals surface area contributed by atoms with E-state index >= 15 is 0 Å². The third kappa shape index (κ3) is 1.64. The number of nitrogens with zero attached hydrogens (tertiary/aromatic N) is 2. The number of fused-ring (bicyclic) bond motifs is 2. The number of nitro benzene ring substituents is 1. The molecule has 1 saturated heterocycles. The molecule has 1 unspecified atom stereocenters. The minimum Gasteiger partial charge on any atom is -0.303 e. The smallest absolute Gasteiger partial charge is 0.303 e. The molecule has 3 rings (SSSR count). The van der Waals surface area contributed by atoms with Gasteiger partial charge in [0, 0.05) is 23.7 Å². The number of rotatable bonds is 1. The number of halogens is 1. The molecular weight excluding hydrogens is 318 g/mol. The lowest BCUT2D eigenvalue weighted by Gasteiger charge is -2.40. The van der Waals surface area contributed by atoms with Crippen molar-refractivity contribution < 1.29 is 19.3 Å². The second kappa shape index (κ2) is 4.31. The lowest BCUT2D eigenvalue weighted by Crippen LogP contribution is -2.62. The van der Waals surface area contributed by atoms with Gasteiger partial charge in [0.2, 0.25) is 5.66 Å². The molecule has 1 atom stereocenters. The summed E-state index contributed by atoms with van der Waals surface area (Å²) in [5.74, 6) is -0.826. The third-order valence-electron chi connectivity index (χ3n) is 3.56. The van der Waals surface area contributed by atoms with Crippen molar-refractivity contribution in [2.75, 3.05) is 12.4 Å². The molecule has 11 heteroatoms. The maximum Gasteiger partial charge on any atom is 0.324 e. The number of nitro groups is 1. The van der Waals surface area contributed by atoms with Crippen LogP contribution in [0.1, 0.15) is 5.56 Å². The first-order valence-electron chi connectivity index (χ1n) is 5.94. The van der Waals surface area contributed by atoms with Crippen molar-refractivity contribution in [2.24, 2.45) is 0 Å². The van der Waals surface area contributed by atoms with Crippen LogP contribution in [0.5, 0.6) is 0 Å². The fourth-order valence-corrected chi connectivity index (χ4v) is 2.76. The number of hydrogen-bond donors (Lipinski definition) is 3. The normalized spacial score (nSPS) is 23.0. The molecule has 0 saturated carbocycles. The van der Waals surface area contributed by atoms with Crippen molar-refractivity contribution >= 4 is 40.9 Å². The second-order valence-corrected chi connectivity index (χ2v) is 5.15. The predicted molar refractivity (Wildman–Crippen MR) is 73.2 cm³/mol. The van der Waals surface area contributed by atoms with Gasteiger partial charge in [-0.1, -0.05) is 11.6 Å². The highest BCUT2D eigenvalue weighted by Crippen LogP contribution is 2.43. The molecule has 5 amide bonds. The molecule has 114 valence electrons. The van der Waals surface area contributed by atoms with E-state index in [-0.39, 0.29) is 16.3 Å². The molecule has 3 N–H and O–H groups in total. The van der Waals surface area contributed by atoms with Crippen molar-refractivity contribution in [3.8, 4) is 0 Å². The van der Waals surface area contributed by atoms with Crippen LogP contribution in [-0.4, -0.2) is 34.8 Å². The van der Waals surface area contributed by atoms with Crippen LogP contribution in [0.4, 0.5) is 21.0 Å². The van der Waals surface area contributed by atoms with Gasteiger partial charge in [0.1, 0.15) is 5.69 Å². The monoisotopic (exact) mass is 325 g/mol. The topological polar surface area (TPSA) is 134 Å². The zero-order valence-corrected chi connectivity index (χ0v) is 11.7. The van der Waals surface area contributed by atoms with Gasteiger partial charge in [-0.2, -0.15) is 0 Å². The average molecular weight is 326 g/mol. The van der Waals surface area contributed by atoms with Crippen LogP contribution >= 0.6 is 11.6 Å². The molecule has 10 nitrogen and oxygen atoms in total. The number of anilines is 1. The second-order valence-electron chi connectivity index (χ2n) is 4.71. The number of imide groups is 1. The Balaban J connectivity index is 2.36. The van der Waals surface area contributed by atoms with Crippen molar-refractivity contribution in [2.45, 2.75) is 5.66 Å². The highest BCUT2D eigenvalue weighted by atomic mass is 35.5. The fourth-order valence-electron chi connectivity index (χ4n) is 2.55. The highest BCUT2D eigenvalue weighted by Gasteiger charge is 2.57. The zero-order chi connectivity index (χ0) is 16.2. The minimum absolute atomic E-state index is 0.0108. The maximum atomic E-state index is 12.2. The van der Waals surface area contributed by atoms with Gasteiger partial charge in [-0.15, -0.1) is 0 Å². The number of nitrogens with one attached hydrogen (secondary N) is 3. The van der Waals surface area contributed by atoms with E-state index < -0.39 is 34.2 Å². The Morgan fingerprint density at radius 3 is 2.50 bits per heavy atom. The minimum atomic E-state index is -1.88. The molecule has 0 bridgehead atoms. The SMILES string of the molecule is CN1C(=O)Nc2c([N+](=O)[O-])cc(Cl)cc2C12NC(=O)NC2=O. The number of hydrogen-bond acceptors (Lipinski definition) is 5. The summed E-state index contributed by atoms with van der Waals surface area (Å²) in [4.78, 5) is 47.2. The van der Waals surface area contributed by atoms with Crippen molar-refractivity contribution in [3.05, 3.63) is 32.8 Å². The first-order chi connectivity index (χ1) is 10.3. The Hall–Kier alpha value is -2.88. The zero-order valence-electron chi connectivity index (χ0n) is 11.0. The summed E-state index contributed by atoms with van der Waals surface area (Å²) in [6.07, 6.45) is 0. The predicted octanol–water partition coefficient (Wildman–Crippen LogP) is 0.718. The molecule has 2 heterocycles. The van der Waals surface area contributed by atoms with Crippen LogP contribution < -0.4 is 16.0 Å². The van der Waals surface area contributed by atoms with Crippen LogP contribution in [-0.2, 0) is 10.5 Å². The maximum absolute atomic E-state index is 12.2. The van der Waals surface area contributed by atoms with E-state index in [2.05, 4.69) is 10.6 Å². The number of likely N-dealkylation sites (N-methyl/N-ethyl adjacent to an activating group) is 1. The molecule has 2 aliphatic rings. The summed E-state index contributed by atoms with van der Waals surface area (Å²) in [5.41, 5.74) is -2.53. The van der Waals surface area contributed by atoms with Gasteiger partial charge in [0.05, 0.1) is 4.92 Å². The van der Waals surface area contributed by atoms with E-state index in [9.17, 15) is 24.5 Å². The molecule has 2 aliphatic heterocycles. The van der Waals surface area contributed by atoms with Gasteiger partial charge in [-0.05, 0) is 6.07 Å². The standard InChI is InChI=1S/C11H8ClN5O5/c1-16-10(20)13-7-5(2-4(12)3-6(7)17(21)22)11(16)8(18)14-9(19)15-11/h2-3H,1H3,(H,13,20)(H2,14,15,18,19). The molecule has 1 fully saturated rings. The molecule has 0 aliphatic carbocycles. The van der Waals surface area contributed by atoms with E-state index in [1.807, 2.05) is 5.32 Å². The molecule has 1 aromatic rings. The molecular formula is C11H8ClN5O5. The van der Waals surface area contributed by atoms with Crippen molar-refractivity contribution in [1.29, 1.82) is 0 Å². The van der Waals surface area contributed by atoms with Crippen molar-refractivity contribution in [3.63, 3.8) is 0 Å². The highest BCUT2D eigenvalue weighted by molar-refractivity contribution is 6.31. The Kier molecular flexibility index (Phi) is 2.75. The summed E-state index contributed by atoms with van der Waals surface area (Å²) in [6.45, 7) is 0. The Morgan fingerprint density at radius 2 is 1.95 bits per heavy atom. The van der Waals surface area contributed by atoms with Crippen LogP contribution in [0.15, 0.2) is 12.1 Å². The van der Waals surface area contributed by atoms with Gasteiger partial charge in [-0.25, -0.2) is 9.59 Å². The summed E-state index contributed by atoms with van der Waals surface area (Å²) >= 11 is 5.88. The lowest BCUT2D eigenvalue weighted by atomic mass is 9.93. The number of benzene rings is 1. The summed E-state index contributed by atoms with van der Waals surface area (Å²) in [5, 5.41) is 17.8. The van der Waals surface area contributed by atoms with Gasteiger partial charge in [-0.3, -0.25) is 25.1 Å². The first kappa shape index (κ1) is 14.1. The van der Waals surface area contributed by atoms with E-state index in [4.69, 9.17) is 11.6 Å².